The zero-order chi connectivity index (χ0) is 23.5. The van der Waals surface area contributed by atoms with E-state index in [4.69, 9.17) is 0 Å². The first-order chi connectivity index (χ1) is 16.6. The number of thiophene rings is 1. The molecule has 3 heterocycles. The van der Waals surface area contributed by atoms with Gasteiger partial charge < -0.3 is 5.32 Å². The Kier molecular flexibility index (Phi) is 7.11. The number of hydrogen-bond acceptors (Lipinski definition) is 5. The van der Waals surface area contributed by atoms with Crippen molar-refractivity contribution in [2.75, 3.05) is 13.1 Å². The number of fused-ring (bicyclic) bond motifs is 3. The first-order valence-corrected chi connectivity index (χ1v) is 13.4. The summed E-state index contributed by atoms with van der Waals surface area (Å²) in [6.07, 6.45) is 8.78. The molecule has 1 N–H and O–H groups in total. The molecule has 0 radical (unpaired) electrons. The van der Waals surface area contributed by atoms with Crippen molar-refractivity contribution in [2.24, 2.45) is 5.92 Å². The second kappa shape index (κ2) is 10.4. The second-order valence-corrected chi connectivity index (χ2v) is 11.0. The Morgan fingerprint density at radius 2 is 1.85 bits per heavy atom. The van der Waals surface area contributed by atoms with Gasteiger partial charge >= 0.3 is 0 Å². The fraction of sp³-hybridized carbons (Fsp3) is 0.519. The minimum atomic E-state index is -0.0501. The van der Waals surface area contributed by atoms with Gasteiger partial charge in [-0.1, -0.05) is 31.2 Å². The molecule has 2 aromatic heterocycles. The molecule has 1 aliphatic heterocycles. The highest BCUT2D eigenvalue weighted by Crippen LogP contribution is 2.33. The molecule has 1 aromatic carbocycles. The van der Waals surface area contributed by atoms with E-state index in [0.29, 0.717) is 13.1 Å². The summed E-state index contributed by atoms with van der Waals surface area (Å²) in [6, 6.07) is 8.54. The number of hydrogen-bond donors (Lipinski definition) is 1. The van der Waals surface area contributed by atoms with Crippen molar-refractivity contribution in [1.82, 2.24) is 19.8 Å². The largest absolute Gasteiger partial charge is 0.352 e. The lowest BCUT2D eigenvalue weighted by molar-refractivity contribution is -0.121. The van der Waals surface area contributed by atoms with Crippen molar-refractivity contribution in [3.8, 4) is 0 Å². The van der Waals surface area contributed by atoms with Gasteiger partial charge in [0.15, 0.2) is 0 Å². The van der Waals surface area contributed by atoms with Gasteiger partial charge in [0.05, 0.1) is 11.7 Å². The average Bonchev–Trinajstić information content (AvgIpc) is 3.24. The van der Waals surface area contributed by atoms with Crippen LogP contribution in [0.3, 0.4) is 0 Å². The number of amides is 1. The normalized spacial score (nSPS) is 17.1. The van der Waals surface area contributed by atoms with E-state index in [1.165, 1.54) is 48.4 Å². The average molecular weight is 479 g/mol. The Balaban J connectivity index is 1.12. The predicted octanol–water partition coefficient (Wildman–Crippen LogP) is 4.28. The van der Waals surface area contributed by atoms with E-state index in [1.807, 2.05) is 0 Å². The van der Waals surface area contributed by atoms with Crippen LogP contribution in [0.4, 0.5) is 0 Å². The van der Waals surface area contributed by atoms with E-state index in [-0.39, 0.29) is 17.9 Å². The molecule has 180 valence electrons. The molecule has 2 aliphatic rings. The van der Waals surface area contributed by atoms with Crippen LogP contribution in [0.2, 0.25) is 0 Å². The van der Waals surface area contributed by atoms with Crippen molar-refractivity contribution in [3.05, 3.63) is 62.5 Å². The van der Waals surface area contributed by atoms with Gasteiger partial charge in [-0.05, 0) is 74.2 Å². The SMILES string of the molecule is CC1CCN(Cc2ccc(CNC(=O)CCn3cnc4sc5c(c4c3=O)CCCC5)cc2)CC1. The van der Waals surface area contributed by atoms with E-state index in [2.05, 4.69) is 46.4 Å². The standard InChI is InChI=1S/C27H34N4O2S/c1-19-10-13-30(14-11-19)17-21-8-6-20(7-9-21)16-28-24(32)12-15-31-18-29-26-25(27(31)33)22-4-2-3-5-23(22)34-26/h6-9,18-19H,2-5,10-17H2,1H3,(H,28,32). The number of carbonyl (C=O) groups is 1. The smallest absolute Gasteiger partial charge is 0.262 e. The summed E-state index contributed by atoms with van der Waals surface area (Å²) in [5, 5.41) is 3.77. The van der Waals surface area contributed by atoms with Gasteiger partial charge in [-0.15, -0.1) is 11.3 Å². The summed E-state index contributed by atoms with van der Waals surface area (Å²) < 4.78 is 1.60. The summed E-state index contributed by atoms with van der Waals surface area (Å²) >= 11 is 1.66. The van der Waals surface area contributed by atoms with E-state index in [9.17, 15) is 9.59 Å². The molecule has 3 aromatic rings. The fourth-order valence-corrected chi connectivity index (χ4v) is 6.31. The van der Waals surface area contributed by atoms with E-state index >= 15 is 0 Å². The third kappa shape index (κ3) is 5.26. The first-order valence-electron chi connectivity index (χ1n) is 12.6. The number of aryl methyl sites for hydroxylation is 3. The summed E-state index contributed by atoms with van der Waals surface area (Å²) in [5.41, 5.74) is 3.61. The molecule has 0 unspecified atom stereocenters. The van der Waals surface area contributed by atoms with Crippen LogP contribution in [0.25, 0.3) is 10.2 Å². The zero-order valence-electron chi connectivity index (χ0n) is 20.0. The van der Waals surface area contributed by atoms with Crippen molar-refractivity contribution in [1.29, 1.82) is 0 Å². The number of likely N-dealkylation sites (tertiary alicyclic amines) is 1. The molecule has 1 fully saturated rings. The van der Waals surface area contributed by atoms with E-state index < -0.39 is 0 Å². The predicted molar refractivity (Wildman–Crippen MR) is 137 cm³/mol. The number of piperidine rings is 1. The Labute approximate surface area is 205 Å². The molecule has 0 spiro atoms. The fourth-order valence-electron chi connectivity index (χ4n) is 5.09. The van der Waals surface area contributed by atoms with Gasteiger partial charge in [0.2, 0.25) is 5.91 Å². The Morgan fingerprint density at radius 1 is 1.12 bits per heavy atom. The van der Waals surface area contributed by atoms with Crippen molar-refractivity contribution in [3.63, 3.8) is 0 Å². The topological polar surface area (TPSA) is 67.2 Å². The third-order valence-electron chi connectivity index (χ3n) is 7.32. The van der Waals surface area contributed by atoms with Gasteiger partial charge in [-0.25, -0.2) is 4.98 Å². The Morgan fingerprint density at radius 3 is 2.65 bits per heavy atom. The maximum Gasteiger partial charge on any atom is 0.262 e. The number of nitrogens with one attached hydrogen (secondary N) is 1. The minimum Gasteiger partial charge on any atom is -0.352 e. The molecule has 0 atom stereocenters. The van der Waals surface area contributed by atoms with Gasteiger partial charge in [0.1, 0.15) is 4.83 Å². The van der Waals surface area contributed by atoms with Crippen LogP contribution in [-0.4, -0.2) is 33.4 Å². The number of rotatable bonds is 7. The molecule has 0 saturated carbocycles. The highest BCUT2D eigenvalue weighted by molar-refractivity contribution is 7.18. The zero-order valence-corrected chi connectivity index (χ0v) is 20.8. The van der Waals surface area contributed by atoms with Crippen molar-refractivity contribution >= 4 is 27.5 Å². The van der Waals surface area contributed by atoms with Crippen LogP contribution >= 0.6 is 11.3 Å². The van der Waals surface area contributed by atoms with Crippen LogP contribution in [0, 0.1) is 5.92 Å². The van der Waals surface area contributed by atoms with E-state index in [1.54, 1.807) is 22.2 Å². The van der Waals surface area contributed by atoms with Gasteiger partial charge in [0, 0.05) is 30.9 Å². The summed E-state index contributed by atoms with van der Waals surface area (Å²) in [6.45, 7) is 6.55. The molecule has 0 bridgehead atoms. The van der Waals surface area contributed by atoms with Crippen molar-refractivity contribution in [2.45, 2.75) is 71.5 Å². The monoisotopic (exact) mass is 478 g/mol. The molecule has 1 saturated heterocycles. The Hall–Kier alpha value is -2.51. The second-order valence-electron chi connectivity index (χ2n) is 9.94. The number of nitrogens with zero attached hydrogens (tertiary/aromatic N) is 3. The lowest BCUT2D eigenvalue weighted by Gasteiger charge is -2.30. The van der Waals surface area contributed by atoms with Crippen LogP contribution in [-0.2, 0) is 37.3 Å². The van der Waals surface area contributed by atoms with Crippen LogP contribution < -0.4 is 10.9 Å². The Bertz CT molecular complexity index is 1210. The lowest BCUT2D eigenvalue weighted by Crippen LogP contribution is -2.32. The van der Waals surface area contributed by atoms with Gasteiger partial charge in [-0.2, -0.15) is 0 Å². The molecule has 7 heteroatoms. The van der Waals surface area contributed by atoms with Crippen LogP contribution in [0.1, 0.15) is 60.6 Å². The molecule has 5 rings (SSSR count). The molecule has 34 heavy (non-hydrogen) atoms. The maximum atomic E-state index is 13.0. The molecular formula is C27H34N4O2S. The summed E-state index contributed by atoms with van der Waals surface area (Å²) in [5.74, 6) is 0.798. The number of carbonyl (C=O) groups excluding carboxylic acids is 1. The van der Waals surface area contributed by atoms with E-state index in [0.717, 1.165) is 47.5 Å². The number of benzene rings is 1. The quantitative estimate of drug-likeness (QED) is 0.551. The van der Waals surface area contributed by atoms with Crippen molar-refractivity contribution < 1.29 is 4.79 Å². The molecule has 1 aliphatic carbocycles. The molecule has 1 amide bonds. The lowest BCUT2D eigenvalue weighted by atomic mass is 9.97. The summed E-state index contributed by atoms with van der Waals surface area (Å²) in [7, 11) is 0. The molecule has 6 nitrogen and oxygen atoms in total. The molecular weight excluding hydrogens is 444 g/mol. The highest BCUT2D eigenvalue weighted by atomic mass is 32.1. The first kappa shape index (κ1) is 23.2. The van der Waals surface area contributed by atoms with Gasteiger partial charge in [-0.3, -0.25) is 19.1 Å². The summed E-state index contributed by atoms with van der Waals surface area (Å²) in [4.78, 5) is 34.7. The number of aromatic nitrogens is 2. The third-order valence-corrected chi connectivity index (χ3v) is 8.52. The van der Waals surface area contributed by atoms with Gasteiger partial charge in [0.25, 0.3) is 5.56 Å². The minimum absolute atomic E-state index is 0.00375. The van der Waals surface area contributed by atoms with Crippen LogP contribution in [0.5, 0.6) is 0 Å². The maximum absolute atomic E-state index is 13.0. The highest BCUT2D eigenvalue weighted by Gasteiger charge is 2.20. The van der Waals surface area contributed by atoms with Crippen LogP contribution in [0.15, 0.2) is 35.4 Å².